The SMILES string of the molecule is NC1C[C@@H](N)CN(c2ccc3[nH]ccc3c2)C1. The van der Waals surface area contributed by atoms with Crippen molar-refractivity contribution in [2.45, 2.75) is 18.5 Å². The standard InChI is InChI=1S/C13H18N4/c14-10-6-11(15)8-17(7-10)12-1-2-13-9(5-12)3-4-16-13/h1-5,10-11,16H,6-8,14-15H2/t10-,11?/m1/s1. The highest BCUT2D eigenvalue weighted by Gasteiger charge is 2.22. The zero-order chi connectivity index (χ0) is 11.8. The molecule has 1 unspecified atom stereocenters. The number of aromatic amines is 1. The van der Waals surface area contributed by atoms with Gasteiger partial charge in [0.1, 0.15) is 0 Å². The Labute approximate surface area is 101 Å². The summed E-state index contributed by atoms with van der Waals surface area (Å²) in [4.78, 5) is 5.48. The minimum absolute atomic E-state index is 0.181. The molecule has 0 spiro atoms. The molecule has 1 aliphatic rings. The van der Waals surface area contributed by atoms with E-state index in [4.69, 9.17) is 11.5 Å². The fraction of sp³-hybridized carbons (Fsp3) is 0.385. The lowest BCUT2D eigenvalue weighted by Crippen LogP contribution is -2.52. The van der Waals surface area contributed by atoms with Crippen LogP contribution in [-0.2, 0) is 0 Å². The molecule has 3 rings (SSSR count). The summed E-state index contributed by atoms with van der Waals surface area (Å²) in [7, 11) is 0. The van der Waals surface area contributed by atoms with Gasteiger partial charge in [-0.3, -0.25) is 0 Å². The van der Waals surface area contributed by atoms with Crippen LogP contribution in [0.25, 0.3) is 10.9 Å². The average molecular weight is 230 g/mol. The number of fused-ring (bicyclic) bond motifs is 1. The molecule has 5 N–H and O–H groups in total. The molecule has 0 aliphatic carbocycles. The van der Waals surface area contributed by atoms with Crippen LogP contribution in [0.3, 0.4) is 0 Å². The third kappa shape index (κ3) is 2.01. The number of anilines is 1. The van der Waals surface area contributed by atoms with Crippen LogP contribution in [0.5, 0.6) is 0 Å². The fourth-order valence-electron chi connectivity index (χ4n) is 2.63. The van der Waals surface area contributed by atoms with Gasteiger partial charge in [-0.05, 0) is 30.7 Å². The first-order valence-corrected chi connectivity index (χ1v) is 6.05. The normalized spacial score (nSPS) is 25.4. The van der Waals surface area contributed by atoms with Gasteiger partial charge in [-0.1, -0.05) is 0 Å². The predicted molar refractivity (Wildman–Crippen MR) is 71.1 cm³/mol. The first-order valence-electron chi connectivity index (χ1n) is 6.05. The lowest BCUT2D eigenvalue weighted by atomic mass is 10.0. The molecule has 0 radical (unpaired) electrons. The van der Waals surface area contributed by atoms with Gasteiger partial charge in [-0.15, -0.1) is 0 Å². The van der Waals surface area contributed by atoms with Crippen molar-refractivity contribution in [3.8, 4) is 0 Å². The topological polar surface area (TPSA) is 71.1 Å². The number of rotatable bonds is 1. The molecule has 0 saturated carbocycles. The van der Waals surface area contributed by atoms with Gasteiger partial charge in [-0.25, -0.2) is 0 Å². The molecule has 2 atom stereocenters. The highest BCUT2D eigenvalue weighted by Crippen LogP contribution is 2.23. The first kappa shape index (κ1) is 10.6. The number of nitrogens with zero attached hydrogens (tertiary/aromatic N) is 1. The summed E-state index contributed by atoms with van der Waals surface area (Å²) < 4.78 is 0. The molecule has 17 heavy (non-hydrogen) atoms. The van der Waals surface area contributed by atoms with E-state index in [1.165, 1.54) is 16.6 Å². The minimum Gasteiger partial charge on any atom is -0.368 e. The Bertz CT molecular complexity index is 509. The maximum atomic E-state index is 6.02. The van der Waals surface area contributed by atoms with Crippen LogP contribution in [0.1, 0.15) is 6.42 Å². The van der Waals surface area contributed by atoms with Crippen molar-refractivity contribution >= 4 is 16.6 Å². The van der Waals surface area contributed by atoms with Crippen LogP contribution in [-0.4, -0.2) is 30.2 Å². The number of nitrogens with one attached hydrogen (secondary N) is 1. The van der Waals surface area contributed by atoms with E-state index in [1.54, 1.807) is 0 Å². The van der Waals surface area contributed by atoms with E-state index in [0.717, 1.165) is 19.5 Å². The van der Waals surface area contributed by atoms with Crippen molar-refractivity contribution < 1.29 is 0 Å². The molecule has 0 bridgehead atoms. The van der Waals surface area contributed by atoms with Crippen molar-refractivity contribution in [3.63, 3.8) is 0 Å². The molecule has 1 aromatic carbocycles. The number of piperidine rings is 1. The largest absolute Gasteiger partial charge is 0.368 e. The predicted octanol–water partition coefficient (Wildman–Crippen LogP) is 1.03. The Morgan fingerprint density at radius 1 is 1.12 bits per heavy atom. The number of aromatic nitrogens is 1. The van der Waals surface area contributed by atoms with Gasteiger partial charge < -0.3 is 21.4 Å². The van der Waals surface area contributed by atoms with E-state index in [2.05, 4.69) is 34.1 Å². The van der Waals surface area contributed by atoms with E-state index in [9.17, 15) is 0 Å². The summed E-state index contributed by atoms with van der Waals surface area (Å²) >= 11 is 0. The molecule has 0 amide bonds. The summed E-state index contributed by atoms with van der Waals surface area (Å²) in [5, 5.41) is 1.23. The maximum Gasteiger partial charge on any atom is 0.0455 e. The number of nitrogens with two attached hydrogens (primary N) is 2. The summed E-state index contributed by atoms with van der Waals surface area (Å²) in [6, 6.07) is 8.88. The van der Waals surface area contributed by atoms with Crippen molar-refractivity contribution in [3.05, 3.63) is 30.5 Å². The second-order valence-corrected chi connectivity index (χ2v) is 4.91. The Kier molecular flexibility index (Phi) is 2.53. The molecule has 2 aromatic rings. The zero-order valence-corrected chi connectivity index (χ0v) is 9.76. The summed E-state index contributed by atoms with van der Waals surface area (Å²) in [5.74, 6) is 0. The highest BCUT2D eigenvalue weighted by molar-refractivity contribution is 5.83. The summed E-state index contributed by atoms with van der Waals surface area (Å²) in [6.45, 7) is 1.78. The van der Waals surface area contributed by atoms with Crippen LogP contribution >= 0.6 is 0 Å². The lowest BCUT2D eigenvalue weighted by molar-refractivity contribution is 0.452. The second kappa shape index (κ2) is 4.05. The summed E-state index contributed by atoms with van der Waals surface area (Å²) in [5.41, 5.74) is 14.4. The third-order valence-electron chi connectivity index (χ3n) is 3.42. The van der Waals surface area contributed by atoms with Gasteiger partial charge in [0.2, 0.25) is 0 Å². The van der Waals surface area contributed by atoms with Crippen LogP contribution in [0, 0.1) is 0 Å². The van der Waals surface area contributed by atoms with E-state index in [1.807, 2.05) is 6.20 Å². The molecule has 1 aliphatic heterocycles. The van der Waals surface area contributed by atoms with Crippen LogP contribution in [0.15, 0.2) is 30.5 Å². The molecular weight excluding hydrogens is 212 g/mol. The second-order valence-electron chi connectivity index (χ2n) is 4.91. The van der Waals surface area contributed by atoms with E-state index in [0.29, 0.717) is 0 Å². The fourth-order valence-corrected chi connectivity index (χ4v) is 2.63. The highest BCUT2D eigenvalue weighted by atomic mass is 15.2. The zero-order valence-electron chi connectivity index (χ0n) is 9.76. The van der Waals surface area contributed by atoms with Crippen molar-refractivity contribution in [2.75, 3.05) is 18.0 Å². The van der Waals surface area contributed by atoms with Gasteiger partial charge >= 0.3 is 0 Å². The average Bonchev–Trinajstić information content (AvgIpc) is 2.74. The Hall–Kier alpha value is -1.52. The molecule has 4 heteroatoms. The number of benzene rings is 1. The number of H-pyrrole nitrogens is 1. The van der Waals surface area contributed by atoms with Gasteiger partial charge in [0.25, 0.3) is 0 Å². The molecule has 1 aromatic heterocycles. The van der Waals surface area contributed by atoms with Crippen LogP contribution < -0.4 is 16.4 Å². The maximum absolute atomic E-state index is 6.02. The van der Waals surface area contributed by atoms with Crippen molar-refractivity contribution in [2.24, 2.45) is 11.5 Å². The van der Waals surface area contributed by atoms with Crippen molar-refractivity contribution in [1.29, 1.82) is 0 Å². The van der Waals surface area contributed by atoms with Gasteiger partial charge in [0.15, 0.2) is 0 Å². The van der Waals surface area contributed by atoms with Gasteiger partial charge in [0, 0.05) is 48.0 Å². The Morgan fingerprint density at radius 3 is 2.65 bits per heavy atom. The van der Waals surface area contributed by atoms with Crippen LogP contribution in [0.4, 0.5) is 5.69 Å². The Morgan fingerprint density at radius 2 is 1.88 bits per heavy atom. The molecular formula is C13H18N4. The quantitative estimate of drug-likeness (QED) is 0.685. The minimum atomic E-state index is 0.181. The molecule has 4 nitrogen and oxygen atoms in total. The van der Waals surface area contributed by atoms with Gasteiger partial charge in [0.05, 0.1) is 0 Å². The van der Waals surface area contributed by atoms with Crippen LogP contribution in [0.2, 0.25) is 0 Å². The molecule has 1 saturated heterocycles. The molecule has 2 heterocycles. The first-order chi connectivity index (χ1) is 8.22. The molecule has 1 fully saturated rings. The van der Waals surface area contributed by atoms with Crippen molar-refractivity contribution in [1.82, 2.24) is 4.98 Å². The van der Waals surface area contributed by atoms with E-state index < -0.39 is 0 Å². The van der Waals surface area contributed by atoms with Gasteiger partial charge in [-0.2, -0.15) is 0 Å². The van der Waals surface area contributed by atoms with E-state index >= 15 is 0 Å². The third-order valence-corrected chi connectivity index (χ3v) is 3.42. The smallest absolute Gasteiger partial charge is 0.0455 e. The molecule has 90 valence electrons. The monoisotopic (exact) mass is 230 g/mol. The number of hydrogen-bond acceptors (Lipinski definition) is 3. The lowest BCUT2D eigenvalue weighted by Gasteiger charge is -2.36. The number of hydrogen-bond donors (Lipinski definition) is 3. The van der Waals surface area contributed by atoms with E-state index in [-0.39, 0.29) is 12.1 Å². The Balaban J connectivity index is 1.91. The summed E-state index contributed by atoms with van der Waals surface area (Å²) in [6.07, 6.45) is 2.88.